The van der Waals surface area contributed by atoms with Gasteiger partial charge < -0.3 is 18.8 Å². The van der Waals surface area contributed by atoms with E-state index in [1.165, 1.54) is 11.8 Å². The maximum Gasteiger partial charge on any atom is 0.191 e. The largest absolute Gasteiger partial charge is 0.493 e. The topological polar surface area (TPSA) is 75.5 Å². The number of carbonyl (C=O) groups excluding carboxylic acids is 1. The van der Waals surface area contributed by atoms with Crippen LogP contribution in [0.1, 0.15) is 43.1 Å². The van der Waals surface area contributed by atoms with Gasteiger partial charge in [0.25, 0.3) is 0 Å². The zero-order valence-electron chi connectivity index (χ0n) is 19.4. The monoisotopic (exact) mass is 489 g/mol. The third kappa shape index (κ3) is 6.21. The van der Waals surface area contributed by atoms with Crippen LogP contribution in [0.3, 0.4) is 0 Å². The van der Waals surface area contributed by atoms with Crippen molar-refractivity contribution >= 4 is 29.1 Å². The van der Waals surface area contributed by atoms with Gasteiger partial charge >= 0.3 is 0 Å². The van der Waals surface area contributed by atoms with Crippen molar-refractivity contribution in [1.82, 2.24) is 14.8 Å². The molecule has 0 amide bonds. The van der Waals surface area contributed by atoms with Crippen LogP contribution in [0.15, 0.2) is 47.6 Å². The van der Waals surface area contributed by atoms with Gasteiger partial charge in [-0.05, 0) is 43.2 Å². The SMILES string of the molecule is COc1ccc(C(=O)CSc2nnc(C(C)Oc3ccccc3Cl)n2CC(C)C)cc1OC. The van der Waals surface area contributed by atoms with Crippen LogP contribution in [-0.4, -0.2) is 40.5 Å². The smallest absolute Gasteiger partial charge is 0.191 e. The zero-order chi connectivity index (χ0) is 24.0. The number of ether oxygens (including phenoxy) is 3. The van der Waals surface area contributed by atoms with E-state index in [9.17, 15) is 4.79 Å². The summed E-state index contributed by atoms with van der Waals surface area (Å²) < 4.78 is 18.6. The van der Waals surface area contributed by atoms with E-state index in [0.717, 1.165) is 0 Å². The second-order valence-electron chi connectivity index (χ2n) is 7.82. The number of methoxy groups -OCH3 is 2. The van der Waals surface area contributed by atoms with E-state index in [-0.39, 0.29) is 17.6 Å². The molecule has 0 aliphatic rings. The molecular weight excluding hydrogens is 462 g/mol. The van der Waals surface area contributed by atoms with Gasteiger partial charge in [-0.2, -0.15) is 0 Å². The van der Waals surface area contributed by atoms with E-state index in [4.69, 9.17) is 25.8 Å². The van der Waals surface area contributed by atoms with Gasteiger partial charge in [-0.15, -0.1) is 10.2 Å². The van der Waals surface area contributed by atoms with Crippen molar-refractivity contribution in [3.63, 3.8) is 0 Å². The number of rotatable bonds is 11. The first kappa shape index (κ1) is 24.9. The number of benzene rings is 2. The molecule has 3 rings (SSSR count). The molecule has 0 fully saturated rings. The van der Waals surface area contributed by atoms with Crippen molar-refractivity contribution < 1.29 is 19.0 Å². The van der Waals surface area contributed by atoms with Gasteiger partial charge in [-0.1, -0.05) is 49.3 Å². The predicted octanol–water partition coefficient (Wildman–Crippen LogP) is 5.72. The highest BCUT2D eigenvalue weighted by molar-refractivity contribution is 7.99. The Kier molecular flexibility index (Phi) is 8.63. The summed E-state index contributed by atoms with van der Waals surface area (Å²) in [6.07, 6.45) is -0.368. The van der Waals surface area contributed by atoms with E-state index in [1.807, 2.05) is 29.7 Å². The van der Waals surface area contributed by atoms with Gasteiger partial charge in [-0.25, -0.2) is 0 Å². The quantitative estimate of drug-likeness (QED) is 0.252. The summed E-state index contributed by atoms with van der Waals surface area (Å²) >= 11 is 7.59. The summed E-state index contributed by atoms with van der Waals surface area (Å²) in [7, 11) is 3.10. The number of halogens is 1. The van der Waals surface area contributed by atoms with E-state index < -0.39 is 0 Å². The standard InChI is InChI=1S/C24H28ClN3O4S/c1-15(2)13-28-23(16(3)32-20-9-7-6-8-18(20)25)26-27-24(28)33-14-19(29)17-10-11-21(30-4)22(12-17)31-5/h6-12,15-16H,13-14H2,1-5H3. The minimum Gasteiger partial charge on any atom is -0.493 e. The van der Waals surface area contributed by atoms with Crippen LogP contribution in [-0.2, 0) is 6.54 Å². The third-order valence-corrected chi connectivity index (χ3v) is 6.11. The molecule has 176 valence electrons. The average Bonchev–Trinajstić information content (AvgIpc) is 3.20. The van der Waals surface area contributed by atoms with Crippen molar-refractivity contribution in [3.8, 4) is 17.2 Å². The lowest BCUT2D eigenvalue weighted by Gasteiger charge is -2.18. The number of thioether (sulfide) groups is 1. The molecule has 1 heterocycles. The van der Waals surface area contributed by atoms with Gasteiger partial charge in [0.2, 0.25) is 0 Å². The Morgan fingerprint density at radius 3 is 2.42 bits per heavy atom. The molecule has 2 aromatic carbocycles. The summed E-state index contributed by atoms with van der Waals surface area (Å²) in [6.45, 7) is 6.85. The molecule has 0 saturated carbocycles. The van der Waals surface area contributed by atoms with Crippen LogP contribution >= 0.6 is 23.4 Å². The Bertz CT molecular complexity index is 1100. The molecule has 0 spiro atoms. The molecule has 7 nitrogen and oxygen atoms in total. The fourth-order valence-corrected chi connectivity index (χ4v) is 4.28. The molecular formula is C24H28ClN3O4S. The average molecular weight is 490 g/mol. The van der Waals surface area contributed by atoms with E-state index in [2.05, 4.69) is 24.0 Å². The van der Waals surface area contributed by atoms with Gasteiger partial charge in [0, 0.05) is 12.1 Å². The van der Waals surface area contributed by atoms with Gasteiger partial charge in [0.15, 0.2) is 34.4 Å². The molecule has 0 saturated heterocycles. The molecule has 0 bridgehead atoms. The van der Waals surface area contributed by atoms with Gasteiger partial charge in [0.05, 0.1) is 25.0 Å². The van der Waals surface area contributed by atoms with Crippen LogP contribution in [0.25, 0.3) is 0 Å². The lowest BCUT2D eigenvalue weighted by molar-refractivity contribution is 0.102. The Hall–Kier alpha value is -2.71. The van der Waals surface area contributed by atoms with Crippen LogP contribution in [0.2, 0.25) is 5.02 Å². The second-order valence-corrected chi connectivity index (χ2v) is 9.17. The Morgan fingerprint density at radius 1 is 1.03 bits per heavy atom. The number of carbonyl (C=O) groups is 1. The number of aromatic nitrogens is 3. The molecule has 1 atom stereocenters. The summed E-state index contributed by atoms with van der Waals surface area (Å²) in [6, 6.07) is 12.5. The minimum absolute atomic E-state index is 0.0398. The summed E-state index contributed by atoms with van der Waals surface area (Å²) in [5.41, 5.74) is 0.547. The Morgan fingerprint density at radius 2 is 1.76 bits per heavy atom. The highest BCUT2D eigenvalue weighted by Crippen LogP contribution is 2.31. The molecule has 9 heteroatoms. The first-order chi connectivity index (χ1) is 15.8. The number of nitrogens with zero attached hydrogens (tertiary/aromatic N) is 3. The lowest BCUT2D eigenvalue weighted by Crippen LogP contribution is -2.15. The molecule has 3 aromatic rings. The molecule has 0 aliphatic carbocycles. The van der Waals surface area contributed by atoms with E-state index in [0.29, 0.717) is 51.3 Å². The van der Waals surface area contributed by atoms with Crippen LogP contribution < -0.4 is 14.2 Å². The molecule has 1 aromatic heterocycles. The van der Waals surface area contributed by atoms with Crippen molar-refractivity contribution in [2.75, 3.05) is 20.0 Å². The molecule has 1 unspecified atom stereocenters. The Labute approximate surface area is 203 Å². The van der Waals surface area contributed by atoms with Gasteiger partial charge in [-0.3, -0.25) is 4.79 Å². The van der Waals surface area contributed by atoms with Crippen LogP contribution in [0.5, 0.6) is 17.2 Å². The number of hydrogen-bond acceptors (Lipinski definition) is 7. The summed E-state index contributed by atoms with van der Waals surface area (Å²) in [4.78, 5) is 12.8. The lowest BCUT2D eigenvalue weighted by atomic mass is 10.1. The zero-order valence-corrected chi connectivity index (χ0v) is 20.9. The highest BCUT2D eigenvalue weighted by atomic mass is 35.5. The first-order valence-electron chi connectivity index (χ1n) is 10.6. The number of Topliss-reactive ketones (excluding diaryl/α,β-unsaturated/α-hetero) is 1. The van der Waals surface area contributed by atoms with Crippen molar-refractivity contribution in [2.45, 2.75) is 38.6 Å². The predicted molar refractivity (Wildman–Crippen MR) is 130 cm³/mol. The molecule has 33 heavy (non-hydrogen) atoms. The molecule has 0 aliphatic heterocycles. The van der Waals surface area contributed by atoms with Crippen molar-refractivity contribution in [2.24, 2.45) is 5.92 Å². The second kappa shape index (κ2) is 11.4. The van der Waals surface area contributed by atoms with Crippen LogP contribution in [0.4, 0.5) is 0 Å². The fraction of sp³-hybridized carbons (Fsp3) is 0.375. The van der Waals surface area contributed by atoms with Crippen molar-refractivity contribution in [3.05, 3.63) is 58.9 Å². The van der Waals surface area contributed by atoms with Gasteiger partial charge in [0.1, 0.15) is 5.75 Å². The third-order valence-electron chi connectivity index (χ3n) is 4.84. The fourth-order valence-electron chi connectivity index (χ4n) is 3.25. The Balaban J connectivity index is 1.77. The highest BCUT2D eigenvalue weighted by Gasteiger charge is 2.22. The number of hydrogen-bond donors (Lipinski definition) is 0. The first-order valence-corrected chi connectivity index (χ1v) is 11.9. The number of ketones is 1. The van der Waals surface area contributed by atoms with E-state index in [1.54, 1.807) is 38.5 Å². The van der Waals surface area contributed by atoms with E-state index >= 15 is 0 Å². The molecule has 0 radical (unpaired) electrons. The van der Waals surface area contributed by atoms with Crippen LogP contribution in [0, 0.1) is 5.92 Å². The minimum atomic E-state index is -0.368. The number of para-hydroxylation sites is 1. The maximum absolute atomic E-state index is 12.8. The molecule has 0 N–H and O–H groups in total. The normalized spacial score (nSPS) is 12.0. The summed E-state index contributed by atoms with van der Waals surface area (Å²) in [5, 5.41) is 9.92. The summed E-state index contributed by atoms with van der Waals surface area (Å²) in [5.74, 6) is 2.90. The maximum atomic E-state index is 12.8. The van der Waals surface area contributed by atoms with Crippen molar-refractivity contribution in [1.29, 1.82) is 0 Å².